The van der Waals surface area contributed by atoms with Crippen molar-refractivity contribution in [3.8, 4) is 11.5 Å². The number of hydrogen-bond acceptors (Lipinski definition) is 5. The van der Waals surface area contributed by atoms with Gasteiger partial charge in [-0.3, -0.25) is 4.79 Å². The van der Waals surface area contributed by atoms with E-state index >= 15 is 0 Å². The van der Waals surface area contributed by atoms with Gasteiger partial charge in [-0.15, -0.1) is 0 Å². The Morgan fingerprint density at radius 2 is 1.93 bits per heavy atom. The van der Waals surface area contributed by atoms with E-state index in [1.54, 1.807) is 0 Å². The molecule has 0 saturated carbocycles. The van der Waals surface area contributed by atoms with Crippen LogP contribution in [0, 0.1) is 5.82 Å². The van der Waals surface area contributed by atoms with Gasteiger partial charge < -0.3 is 14.8 Å². The molecule has 27 heavy (non-hydrogen) atoms. The molecular formula is C20H17FN2O3S. The summed E-state index contributed by atoms with van der Waals surface area (Å²) in [5.74, 6) is 1.13. The number of hydrogen-bond donors (Lipinski definition) is 1. The first kappa shape index (κ1) is 17.6. The number of carbonyl (C=O) groups is 1. The Bertz CT molecular complexity index is 1010. The minimum atomic E-state index is -0.337. The second kappa shape index (κ2) is 7.44. The van der Waals surface area contributed by atoms with Crippen LogP contribution in [0.3, 0.4) is 0 Å². The summed E-state index contributed by atoms with van der Waals surface area (Å²) in [4.78, 5) is 16.9. The summed E-state index contributed by atoms with van der Waals surface area (Å²) < 4.78 is 23.8. The number of aromatic nitrogens is 1. The standard InChI is InChI=1S/C20H17FN2O3S/c1-2-12-7-13-8-17-18(26-11-25-17)9-16(13)23-20(12)27-10-19(24)22-15-5-3-14(21)4-6-15/h3-9H,2,10-11H2,1H3,(H,22,24). The largest absolute Gasteiger partial charge is 0.454 e. The maximum atomic E-state index is 12.9. The lowest BCUT2D eigenvalue weighted by atomic mass is 10.1. The third kappa shape index (κ3) is 3.83. The van der Waals surface area contributed by atoms with Gasteiger partial charge in [-0.25, -0.2) is 9.37 Å². The molecule has 0 aliphatic carbocycles. The molecule has 1 aliphatic heterocycles. The van der Waals surface area contributed by atoms with Gasteiger partial charge in [0.25, 0.3) is 0 Å². The van der Waals surface area contributed by atoms with Gasteiger partial charge in [-0.05, 0) is 48.4 Å². The summed E-state index contributed by atoms with van der Waals surface area (Å²) in [6.07, 6.45) is 0.805. The predicted octanol–water partition coefficient (Wildman–Crippen LogP) is 4.40. The molecule has 2 heterocycles. The zero-order valence-corrected chi connectivity index (χ0v) is 15.4. The maximum Gasteiger partial charge on any atom is 0.234 e. The summed E-state index contributed by atoms with van der Waals surface area (Å²) in [6, 6.07) is 11.6. The van der Waals surface area contributed by atoms with Crippen LogP contribution in [0.15, 0.2) is 47.5 Å². The number of aryl methyl sites for hydroxylation is 1. The Hall–Kier alpha value is -2.80. The van der Waals surface area contributed by atoms with Gasteiger partial charge in [0.05, 0.1) is 11.3 Å². The van der Waals surface area contributed by atoms with E-state index < -0.39 is 0 Å². The fraction of sp³-hybridized carbons (Fsp3) is 0.200. The van der Waals surface area contributed by atoms with Crippen molar-refractivity contribution in [2.45, 2.75) is 18.4 Å². The van der Waals surface area contributed by atoms with Gasteiger partial charge in [0.1, 0.15) is 10.8 Å². The Balaban J connectivity index is 1.51. The highest BCUT2D eigenvalue weighted by Crippen LogP contribution is 2.37. The number of thioether (sulfide) groups is 1. The highest BCUT2D eigenvalue weighted by Gasteiger charge is 2.16. The van der Waals surface area contributed by atoms with Crippen molar-refractivity contribution in [1.29, 1.82) is 0 Å². The van der Waals surface area contributed by atoms with Gasteiger partial charge in [-0.2, -0.15) is 0 Å². The number of benzene rings is 2. The van der Waals surface area contributed by atoms with E-state index in [9.17, 15) is 9.18 Å². The first-order valence-corrected chi connectivity index (χ1v) is 9.52. The van der Waals surface area contributed by atoms with Crippen molar-refractivity contribution < 1.29 is 18.7 Å². The molecular weight excluding hydrogens is 367 g/mol. The van der Waals surface area contributed by atoms with Crippen molar-refractivity contribution in [3.63, 3.8) is 0 Å². The van der Waals surface area contributed by atoms with Crippen LogP contribution in [-0.2, 0) is 11.2 Å². The molecule has 0 spiro atoms. The number of rotatable bonds is 5. The summed E-state index contributed by atoms with van der Waals surface area (Å²) in [5, 5.41) is 4.56. The number of fused-ring (bicyclic) bond motifs is 2. The van der Waals surface area contributed by atoms with E-state index in [4.69, 9.17) is 14.5 Å². The quantitative estimate of drug-likeness (QED) is 0.661. The van der Waals surface area contributed by atoms with Gasteiger partial charge in [0.15, 0.2) is 11.5 Å². The number of halogens is 1. The average molecular weight is 384 g/mol. The summed E-state index contributed by atoms with van der Waals surface area (Å²) in [7, 11) is 0. The summed E-state index contributed by atoms with van der Waals surface area (Å²) in [6.45, 7) is 2.27. The molecule has 1 aliphatic rings. The molecule has 0 saturated heterocycles. The lowest BCUT2D eigenvalue weighted by molar-refractivity contribution is -0.113. The number of anilines is 1. The number of ether oxygens (including phenoxy) is 2. The number of amides is 1. The zero-order chi connectivity index (χ0) is 18.8. The van der Waals surface area contributed by atoms with E-state index in [0.717, 1.165) is 33.7 Å². The highest BCUT2D eigenvalue weighted by atomic mass is 32.2. The van der Waals surface area contributed by atoms with Gasteiger partial charge in [0, 0.05) is 17.1 Å². The van der Waals surface area contributed by atoms with Crippen molar-refractivity contribution in [2.75, 3.05) is 17.9 Å². The summed E-state index contributed by atoms with van der Waals surface area (Å²) >= 11 is 1.38. The highest BCUT2D eigenvalue weighted by molar-refractivity contribution is 8.00. The van der Waals surface area contributed by atoms with E-state index in [-0.39, 0.29) is 24.3 Å². The molecule has 1 amide bonds. The smallest absolute Gasteiger partial charge is 0.234 e. The van der Waals surface area contributed by atoms with Crippen molar-refractivity contribution in [2.24, 2.45) is 0 Å². The molecule has 1 N–H and O–H groups in total. The van der Waals surface area contributed by atoms with E-state index in [0.29, 0.717) is 11.4 Å². The van der Waals surface area contributed by atoms with Crippen LogP contribution in [0.1, 0.15) is 12.5 Å². The normalized spacial score (nSPS) is 12.4. The van der Waals surface area contributed by atoms with Crippen molar-refractivity contribution in [3.05, 3.63) is 53.8 Å². The molecule has 5 nitrogen and oxygen atoms in total. The first-order chi connectivity index (χ1) is 13.1. The monoisotopic (exact) mass is 384 g/mol. The lowest BCUT2D eigenvalue weighted by Crippen LogP contribution is -2.14. The maximum absolute atomic E-state index is 12.9. The zero-order valence-electron chi connectivity index (χ0n) is 14.6. The Morgan fingerprint density at radius 3 is 2.67 bits per heavy atom. The van der Waals surface area contributed by atoms with Crippen LogP contribution in [0.25, 0.3) is 10.9 Å². The van der Waals surface area contributed by atoms with Gasteiger partial charge in [-0.1, -0.05) is 18.7 Å². The molecule has 4 rings (SSSR count). The molecule has 1 aromatic heterocycles. The Morgan fingerprint density at radius 1 is 1.19 bits per heavy atom. The van der Waals surface area contributed by atoms with E-state index in [2.05, 4.69) is 18.3 Å². The molecule has 0 radical (unpaired) electrons. The minimum Gasteiger partial charge on any atom is -0.454 e. The number of carbonyl (C=O) groups excluding carboxylic acids is 1. The fourth-order valence-corrected chi connectivity index (χ4v) is 3.72. The van der Waals surface area contributed by atoms with Gasteiger partial charge >= 0.3 is 0 Å². The molecule has 2 aromatic carbocycles. The van der Waals surface area contributed by atoms with Crippen LogP contribution < -0.4 is 14.8 Å². The van der Waals surface area contributed by atoms with Crippen molar-refractivity contribution in [1.82, 2.24) is 4.98 Å². The molecule has 0 fully saturated rings. The third-order valence-corrected chi connectivity index (χ3v) is 5.23. The Kier molecular flexibility index (Phi) is 4.85. The first-order valence-electron chi connectivity index (χ1n) is 8.54. The van der Waals surface area contributed by atoms with Crippen LogP contribution in [-0.4, -0.2) is 23.4 Å². The summed E-state index contributed by atoms with van der Waals surface area (Å²) in [5.41, 5.74) is 2.44. The number of nitrogens with one attached hydrogen (secondary N) is 1. The molecule has 0 bridgehead atoms. The van der Waals surface area contributed by atoms with Crippen LogP contribution in [0.2, 0.25) is 0 Å². The predicted molar refractivity (Wildman–Crippen MR) is 103 cm³/mol. The average Bonchev–Trinajstić information content (AvgIpc) is 3.12. The molecule has 138 valence electrons. The SMILES string of the molecule is CCc1cc2cc3c(cc2nc1SCC(=O)Nc1ccc(F)cc1)OCO3. The molecule has 3 aromatic rings. The Labute approximate surface area is 159 Å². The second-order valence-electron chi connectivity index (χ2n) is 6.05. The van der Waals surface area contributed by atoms with E-state index in [1.165, 1.54) is 36.0 Å². The van der Waals surface area contributed by atoms with Crippen molar-refractivity contribution >= 4 is 34.3 Å². The lowest BCUT2D eigenvalue weighted by Gasteiger charge is -2.10. The number of nitrogens with zero attached hydrogens (tertiary/aromatic N) is 1. The van der Waals surface area contributed by atoms with Crippen LogP contribution in [0.5, 0.6) is 11.5 Å². The minimum absolute atomic E-state index is 0.166. The third-order valence-electron chi connectivity index (χ3n) is 4.20. The number of pyridine rings is 1. The molecule has 0 atom stereocenters. The van der Waals surface area contributed by atoms with Gasteiger partial charge in [0.2, 0.25) is 12.7 Å². The van der Waals surface area contributed by atoms with Crippen LogP contribution in [0.4, 0.5) is 10.1 Å². The second-order valence-corrected chi connectivity index (χ2v) is 7.01. The molecule has 0 unspecified atom stereocenters. The van der Waals surface area contributed by atoms with E-state index in [1.807, 2.05) is 12.1 Å². The fourth-order valence-electron chi connectivity index (χ4n) is 2.83. The molecule has 7 heteroatoms. The topological polar surface area (TPSA) is 60.5 Å². The van der Waals surface area contributed by atoms with Crippen LogP contribution >= 0.6 is 11.8 Å².